The van der Waals surface area contributed by atoms with Crippen molar-refractivity contribution in [1.82, 2.24) is 29.5 Å². The van der Waals surface area contributed by atoms with Crippen LogP contribution >= 0.6 is 23.2 Å². The number of piperazine rings is 1. The molecule has 0 bridgehead atoms. The van der Waals surface area contributed by atoms with E-state index in [0.29, 0.717) is 28.3 Å². The molecule has 0 atom stereocenters. The minimum atomic E-state index is -0.473. The number of fused-ring (bicyclic) bond motifs is 1. The number of likely N-dealkylation sites (tertiary alicyclic amines) is 1. The van der Waals surface area contributed by atoms with Crippen LogP contribution in [-0.2, 0) is 0 Å². The zero-order chi connectivity index (χ0) is 31.1. The molecule has 5 aromatic rings. The van der Waals surface area contributed by atoms with Gasteiger partial charge in [0.2, 0.25) is 5.95 Å². The Labute approximate surface area is 269 Å². The quantitative estimate of drug-likeness (QED) is 0.260. The zero-order valence-corrected chi connectivity index (χ0v) is 26.1. The molecular weight excluding hydrogens is 611 g/mol. The maximum atomic E-state index is 13.8. The Hall–Kier alpha value is -4.51. The molecule has 2 aromatic heterocycles. The van der Waals surface area contributed by atoms with Crippen LogP contribution < -0.4 is 15.8 Å². The first-order valence-electron chi connectivity index (χ1n) is 14.8. The minimum absolute atomic E-state index is 0.0492. The fourth-order valence-electron chi connectivity index (χ4n) is 5.57. The number of hydrogen-bond donors (Lipinski definition) is 1. The minimum Gasteiger partial charge on any atom is -0.369 e. The average molecular weight is 642 g/mol. The lowest BCUT2D eigenvalue weighted by atomic mass is 10.0. The lowest BCUT2D eigenvalue weighted by Crippen LogP contribution is -2.44. The number of carbonyl (C=O) groups is 1. The molecule has 228 valence electrons. The summed E-state index contributed by atoms with van der Waals surface area (Å²) in [5, 5.41) is 8.77. The number of para-hydroxylation sites is 1. The van der Waals surface area contributed by atoms with E-state index in [1.165, 1.54) is 10.9 Å². The third-order valence-corrected chi connectivity index (χ3v) is 8.91. The molecule has 0 spiro atoms. The molecule has 0 radical (unpaired) electrons. The molecule has 2 saturated heterocycles. The van der Waals surface area contributed by atoms with Crippen molar-refractivity contribution in [1.29, 1.82) is 0 Å². The van der Waals surface area contributed by atoms with E-state index in [1.54, 1.807) is 41.3 Å². The van der Waals surface area contributed by atoms with Crippen LogP contribution in [0.15, 0.2) is 77.7 Å². The second-order valence-corrected chi connectivity index (χ2v) is 12.1. The summed E-state index contributed by atoms with van der Waals surface area (Å²) in [7, 11) is 2.14. The Bertz CT molecular complexity index is 1950. The number of amides is 1. The van der Waals surface area contributed by atoms with Gasteiger partial charge in [0, 0.05) is 68.0 Å². The van der Waals surface area contributed by atoms with E-state index in [4.69, 9.17) is 33.3 Å². The predicted octanol–water partition coefficient (Wildman–Crippen LogP) is 5.49. The van der Waals surface area contributed by atoms with Gasteiger partial charge in [-0.2, -0.15) is 9.78 Å². The highest BCUT2D eigenvalue weighted by molar-refractivity contribution is 6.37. The number of carbonyl (C=O) groups excluding carboxylic acids is 1. The highest BCUT2D eigenvalue weighted by Gasteiger charge is 2.24. The summed E-state index contributed by atoms with van der Waals surface area (Å²) in [5.41, 5.74) is 3.61. The number of nitrogens with zero attached hydrogens (tertiary/aromatic N) is 7. The summed E-state index contributed by atoms with van der Waals surface area (Å²) < 4.78 is 1.18. The Morgan fingerprint density at radius 2 is 1.60 bits per heavy atom. The number of aromatic nitrogens is 4. The molecule has 3 aromatic carbocycles. The lowest BCUT2D eigenvalue weighted by molar-refractivity contribution is 0.0652. The topological polar surface area (TPSA) is 99.5 Å². The molecule has 1 N–H and O–H groups in total. The number of benzene rings is 3. The Morgan fingerprint density at radius 3 is 2.29 bits per heavy atom. The Balaban J connectivity index is 1.30. The number of nitrogens with one attached hydrogen (secondary N) is 1. The fourth-order valence-corrected chi connectivity index (χ4v) is 6.13. The summed E-state index contributed by atoms with van der Waals surface area (Å²) in [6, 6.07) is 20.3. The van der Waals surface area contributed by atoms with Crippen molar-refractivity contribution < 1.29 is 4.79 Å². The van der Waals surface area contributed by atoms with Gasteiger partial charge in [-0.05, 0) is 62.0 Å². The van der Waals surface area contributed by atoms with Crippen molar-refractivity contribution in [2.45, 2.75) is 6.42 Å². The molecule has 2 aliphatic rings. The number of anilines is 3. The first-order valence-corrected chi connectivity index (χ1v) is 15.6. The smallest absolute Gasteiger partial charge is 0.282 e. The summed E-state index contributed by atoms with van der Waals surface area (Å²) >= 11 is 13.0. The summed E-state index contributed by atoms with van der Waals surface area (Å²) in [6.45, 7) is 5.49. The van der Waals surface area contributed by atoms with Crippen molar-refractivity contribution >= 4 is 57.3 Å². The molecule has 0 aliphatic carbocycles. The zero-order valence-electron chi connectivity index (χ0n) is 24.6. The number of likely N-dealkylation sites (N-methyl/N-ethyl adjacent to an activating group) is 1. The van der Waals surface area contributed by atoms with E-state index in [-0.39, 0.29) is 27.0 Å². The van der Waals surface area contributed by atoms with Gasteiger partial charge in [-0.25, -0.2) is 9.97 Å². The average Bonchev–Trinajstić information content (AvgIpc) is 3.02. The molecule has 7 rings (SSSR count). The van der Waals surface area contributed by atoms with Gasteiger partial charge in [0.05, 0.1) is 15.4 Å². The molecule has 12 heteroatoms. The van der Waals surface area contributed by atoms with Crippen LogP contribution in [0.5, 0.6) is 0 Å². The van der Waals surface area contributed by atoms with Gasteiger partial charge in [0.25, 0.3) is 11.5 Å². The van der Waals surface area contributed by atoms with E-state index in [9.17, 15) is 9.59 Å². The molecule has 10 nitrogen and oxygen atoms in total. The van der Waals surface area contributed by atoms with Gasteiger partial charge in [-0.1, -0.05) is 41.4 Å². The molecule has 0 saturated carbocycles. The third-order valence-electron chi connectivity index (χ3n) is 8.30. The summed E-state index contributed by atoms with van der Waals surface area (Å²) in [4.78, 5) is 42.6. The van der Waals surface area contributed by atoms with Gasteiger partial charge < -0.3 is 20.0 Å². The predicted molar refractivity (Wildman–Crippen MR) is 178 cm³/mol. The fraction of sp³-hybridized carbons (Fsp3) is 0.242. The standard InChI is InChI=1S/C33H30Cl2N8O2/c1-40-15-17-41(18-16-40)24-11-9-23(10-12-24)37-33-36-20-25-29(38-33)28(21-5-2-6-22(19-21)31(44)42-13-4-14-42)39-43(32(25)45)30-26(34)7-3-8-27(30)35/h2-3,5-12,19-20H,4,13-18H2,1H3,(H,36,37,38). The molecule has 4 heterocycles. The Morgan fingerprint density at radius 1 is 0.889 bits per heavy atom. The van der Waals surface area contributed by atoms with E-state index in [2.05, 4.69) is 39.3 Å². The number of rotatable bonds is 6. The van der Waals surface area contributed by atoms with E-state index >= 15 is 0 Å². The summed E-state index contributed by atoms with van der Waals surface area (Å²) in [6.07, 6.45) is 2.47. The van der Waals surface area contributed by atoms with Crippen LogP contribution in [0.2, 0.25) is 10.0 Å². The highest BCUT2D eigenvalue weighted by atomic mass is 35.5. The Kier molecular flexibility index (Phi) is 7.87. The van der Waals surface area contributed by atoms with E-state index in [0.717, 1.165) is 57.1 Å². The van der Waals surface area contributed by atoms with Gasteiger partial charge in [0.15, 0.2) is 0 Å². The molecule has 45 heavy (non-hydrogen) atoms. The molecule has 1 amide bonds. The van der Waals surface area contributed by atoms with E-state index < -0.39 is 5.56 Å². The van der Waals surface area contributed by atoms with Crippen LogP contribution in [0.3, 0.4) is 0 Å². The van der Waals surface area contributed by atoms with E-state index in [1.807, 2.05) is 18.2 Å². The van der Waals surface area contributed by atoms with Crippen LogP contribution in [0.4, 0.5) is 17.3 Å². The number of halogens is 2. The van der Waals surface area contributed by atoms with Crippen molar-refractivity contribution in [3.8, 4) is 16.9 Å². The summed E-state index contributed by atoms with van der Waals surface area (Å²) in [5.74, 6) is 0.255. The van der Waals surface area contributed by atoms with Crippen LogP contribution in [0.1, 0.15) is 16.8 Å². The van der Waals surface area contributed by atoms with Crippen molar-refractivity contribution in [3.05, 3.63) is 98.9 Å². The van der Waals surface area contributed by atoms with Gasteiger partial charge in [-0.15, -0.1) is 0 Å². The number of hydrogen-bond acceptors (Lipinski definition) is 8. The SMILES string of the molecule is CN1CCN(c2ccc(Nc3ncc4c(=O)n(-c5c(Cl)cccc5Cl)nc(-c5cccc(C(=O)N6CCC6)c5)c4n3)cc2)CC1. The highest BCUT2D eigenvalue weighted by Crippen LogP contribution is 2.31. The van der Waals surface area contributed by atoms with Crippen LogP contribution in [-0.4, -0.2) is 81.8 Å². The maximum Gasteiger partial charge on any atom is 0.282 e. The molecular formula is C33H30Cl2N8O2. The normalized spacial score (nSPS) is 15.3. The monoisotopic (exact) mass is 640 g/mol. The second kappa shape index (κ2) is 12.1. The first kappa shape index (κ1) is 29.2. The molecule has 2 fully saturated rings. The van der Waals surface area contributed by atoms with Gasteiger partial charge >= 0.3 is 0 Å². The van der Waals surface area contributed by atoms with Crippen molar-refractivity contribution in [3.63, 3.8) is 0 Å². The third kappa shape index (κ3) is 5.72. The first-order chi connectivity index (χ1) is 21.9. The largest absolute Gasteiger partial charge is 0.369 e. The van der Waals surface area contributed by atoms with Crippen molar-refractivity contribution in [2.24, 2.45) is 0 Å². The van der Waals surface area contributed by atoms with Crippen LogP contribution in [0, 0.1) is 0 Å². The molecule has 0 unspecified atom stereocenters. The maximum absolute atomic E-state index is 13.8. The van der Waals surface area contributed by atoms with Gasteiger partial charge in [-0.3, -0.25) is 9.59 Å². The molecule has 2 aliphatic heterocycles. The second-order valence-electron chi connectivity index (χ2n) is 11.3. The van der Waals surface area contributed by atoms with Crippen LogP contribution in [0.25, 0.3) is 27.8 Å². The van der Waals surface area contributed by atoms with Gasteiger partial charge in [0.1, 0.15) is 16.9 Å². The lowest BCUT2D eigenvalue weighted by Gasteiger charge is -2.34. The van der Waals surface area contributed by atoms with Crippen molar-refractivity contribution in [2.75, 3.05) is 56.5 Å².